The number of nitrogens with one attached hydrogen (secondary N) is 2. The maximum absolute atomic E-state index is 12.4. The molecule has 0 atom stereocenters. The van der Waals surface area contributed by atoms with Crippen LogP contribution in [-0.4, -0.2) is 27.2 Å². The average Bonchev–Trinajstić information content (AvgIpc) is 3.25. The third-order valence-corrected chi connectivity index (χ3v) is 5.48. The van der Waals surface area contributed by atoms with Crippen LogP contribution in [-0.2, 0) is 13.5 Å². The van der Waals surface area contributed by atoms with E-state index in [9.17, 15) is 4.79 Å². The highest BCUT2D eigenvalue weighted by Crippen LogP contribution is 2.27. The number of aromatic nitrogens is 3. The van der Waals surface area contributed by atoms with E-state index in [2.05, 4.69) is 27.5 Å². The summed E-state index contributed by atoms with van der Waals surface area (Å²) >= 11 is 1.49. The van der Waals surface area contributed by atoms with E-state index in [-0.39, 0.29) is 5.91 Å². The maximum atomic E-state index is 12.4. The summed E-state index contributed by atoms with van der Waals surface area (Å²) in [5.41, 5.74) is 3.31. The summed E-state index contributed by atoms with van der Waals surface area (Å²) in [6.07, 6.45) is 2.83. The lowest BCUT2D eigenvalue weighted by Crippen LogP contribution is -2.24. The van der Waals surface area contributed by atoms with Gasteiger partial charge in [0.05, 0.1) is 10.6 Å². The Hall–Kier alpha value is -2.60. The van der Waals surface area contributed by atoms with E-state index < -0.39 is 0 Å². The van der Waals surface area contributed by atoms with Crippen molar-refractivity contribution in [2.75, 3.05) is 6.54 Å². The van der Waals surface area contributed by atoms with Gasteiger partial charge in [-0.3, -0.25) is 9.48 Å². The fourth-order valence-corrected chi connectivity index (χ4v) is 4.09. The minimum atomic E-state index is -0.0181. The van der Waals surface area contributed by atoms with Crippen LogP contribution in [0.2, 0.25) is 0 Å². The lowest BCUT2D eigenvalue weighted by Gasteiger charge is -2.03. The van der Waals surface area contributed by atoms with Crippen molar-refractivity contribution >= 4 is 38.4 Å². The fraction of sp³-hybridized carbons (Fsp3) is 0.222. The lowest BCUT2D eigenvalue weighted by atomic mass is 10.1. The summed E-state index contributed by atoms with van der Waals surface area (Å²) in [6, 6.07) is 10.1. The zero-order valence-electron chi connectivity index (χ0n) is 13.6. The molecule has 122 valence electrons. The van der Waals surface area contributed by atoms with Crippen LogP contribution in [0.1, 0.15) is 20.9 Å². The van der Waals surface area contributed by atoms with Crippen molar-refractivity contribution in [3.8, 4) is 0 Å². The van der Waals surface area contributed by atoms with Crippen LogP contribution in [0.4, 0.5) is 0 Å². The molecular weight excluding hydrogens is 320 g/mol. The Balaban J connectivity index is 1.45. The number of H-pyrrole nitrogens is 1. The molecule has 1 aromatic carbocycles. The van der Waals surface area contributed by atoms with Crippen molar-refractivity contribution in [2.24, 2.45) is 7.05 Å². The van der Waals surface area contributed by atoms with Crippen LogP contribution in [0.25, 0.3) is 21.1 Å². The highest BCUT2D eigenvalue weighted by molar-refractivity contribution is 7.20. The van der Waals surface area contributed by atoms with Gasteiger partial charge in [-0.25, -0.2) is 0 Å². The van der Waals surface area contributed by atoms with Gasteiger partial charge in [0.1, 0.15) is 4.83 Å². The summed E-state index contributed by atoms with van der Waals surface area (Å²) in [7, 11) is 1.91. The molecule has 0 fully saturated rings. The van der Waals surface area contributed by atoms with Crippen LogP contribution in [0, 0.1) is 6.92 Å². The van der Waals surface area contributed by atoms with Gasteiger partial charge in [-0.1, -0.05) is 18.2 Å². The first-order valence-electron chi connectivity index (χ1n) is 7.90. The van der Waals surface area contributed by atoms with E-state index >= 15 is 0 Å². The Morgan fingerprint density at radius 2 is 2.17 bits per heavy atom. The van der Waals surface area contributed by atoms with Gasteiger partial charge in [0, 0.05) is 36.1 Å². The van der Waals surface area contributed by atoms with Crippen LogP contribution in [0.5, 0.6) is 0 Å². The molecule has 0 saturated heterocycles. The highest BCUT2D eigenvalue weighted by Gasteiger charge is 2.14. The molecule has 6 heteroatoms. The number of aryl methyl sites for hydroxylation is 2. The largest absolute Gasteiger partial charge is 0.361 e. The van der Waals surface area contributed by atoms with Gasteiger partial charge in [-0.05, 0) is 31.0 Å². The number of thiophene rings is 1. The first kappa shape index (κ1) is 15.0. The number of fused-ring (bicyclic) bond motifs is 2. The van der Waals surface area contributed by atoms with Crippen LogP contribution in [0.3, 0.4) is 0 Å². The molecule has 4 aromatic rings. The molecule has 5 nitrogen and oxygen atoms in total. The smallest absolute Gasteiger partial charge is 0.261 e. The molecule has 0 saturated carbocycles. The molecule has 24 heavy (non-hydrogen) atoms. The van der Waals surface area contributed by atoms with E-state index in [4.69, 9.17) is 0 Å². The predicted octanol–water partition coefficient (Wildman–Crippen LogP) is 3.40. The Morgan fingerprint density at radius 1 is 1.33 bits per heavy atom. The first-order chi connectivity index (χ1) is 11.6. The number of rotatable bonds is 4. The van der Waals surface area contributed by atoms with Crippen LogP contribution >= 0.6 is 11.3 Å². The second-order valence-electron chi connectivity index (χ2n) is 5.90. The van der Waals surface area contributed by atoms with Crippen molar-refractivity contribution < 1.29 is 4.79 Å². The number of carbonyl (C=O) groups is 1. The molecule has 3 heterocycles. The maximum Gasteiger partial charge on any atom is 0.261 e. The van der Waals surface area contributed by atoms with Gasteiger partial charge in [-0.2, -0.15) is 5.10 Å². The SMILES string of the molecule is Cc1nn(C)c2sc(C(=O)NCCc3c[nH]c4ccccc34)cc12. The molecule has 0 aliphatic carbocycles. The van der Waals surface area contributed by atoms with Crippen molar-refractivity contribution in [3.63, 3.8) is 0 Å². The lowest BCUT2D eigenvalue weighted by molar-refractivity contribution is 0.0958. The Bertz CT molecular complexity index is 1010. The summed E-state index contributed by atoms with van der Waals surface area (Å²) < 4.78 is 1.83. The molecule has 0 unspecified atom stereocenters. The minimum Gasteiger partial charge on any atom is -0.361 e. The summed E-state index contributed by atoms with van der Waals surface area (Å²) in [5, 5.41) is 9.66. The first-order valence-corrected chi connectivity index (χ1v) is 8.71. The third kappa shape index (κ3) is 2.49. The van der Waals surface area contributed by atoms with Crippen molar-refractivity contribution in [3.05, 3.63) is 52.7 Å². The Kier molecular flexibility index (Phi) is 3.61. The summed E-state index contributed by atoms with van der Waals surface area (Å²) in [6.45, 7) is 2.58. The number of hydrogen-bond donors (Lipinski definition) is 2. The fourth-order valence-electron chi connectivity index (χ4n) is 3.05. The summed E-state index contributed by atoms with van der Waals surface area (Å²) in [4.78, 5) is 17.4. The molecule has 1 amide bonds. The number of hydrogen-bond acceptors (Lipinski definition) is 3. The van der Waals surface area contributed by atoms with Gasteiger partial charge in [0.2, 0.25) is 0 Å². The summed E-state index contributed by atoms with van der Waals surface area (Å²) in [5.74, 6) is -0.0181. The van der Waals surface area contributed by atoms with Gasteiger partial charge >= 0.3 is 0 Å². The van der Waals surface area contributed by atoms with Crippen molar-refractivity contribution in [2.45, 2.75) is 13.3 Å². The number of benzene rings is 1. The van der Waals surface area contributed by atoms with Gasteiger partial charge in [0.25, 0.3) is 5.91 Å². The molecule has 0 radical (unpaired) electrons. The number of para-hydroxylation sites is 1. The molecule has 0 bridgehead atoms. The quantitative estimate of drug-likeness (QED) is 0.599. The minimum absolute atomic E-state index is 0.0181. The zero-order chi connectivity index (χ0) is 16.7. The monoisotopic (exact) mass is 338 g/mol. The number of amides is 1. The van der Waals surface area contributed by atoms with Crippen molar-refractivity contribution in [1.29, 1.82) is 0 Å². The van der Waals surface area contributed by atoms with E-state index in [1.54, 1.807) is 0 Å². The normalized spacial score (nSPS) is 11.4. The standard InChI is InChI=1S/C18H18N4OS/c1-11-14-9-16(24-18(14)22(2)21-11)17(23)19-8-7-12-10-20-15-6-4-3-5-13(12)15/h3-6,9-10,20H,7-8H2,1-2H3,(H,19,23). The Labute approximate surface area is 143 Å². The molecule has 4 rings (SSSR count). The molecule has 3 aromatic heterocycles. The molecule has 0 spiro atoms. The van der Waals surface area contributed by atoms with E-state index in [0.717, 1.165) is 32.7 Å². The zero-order valence-corrected chi connectivity index (χ0v) is 14.4. The topological polar surface area (TPSA) is 62.7 Å². The molecular formula is C18H18N4OS. The number of carbonyl (C=O) groups excluding carboxylic acids is 1. The predicted molar refractivity (Wildman–Crippen MR) is 97.7 cm³/mol. The highest BCUT2D eigenvalue weighted by atomic mass is 32.1. The third-order valence-electron chi connectivity index (χ3n) is 4.27. The second-order valence-corrected chi connectivity index (χ2v) is 6.93. The van der Waals surface area contributed by atoms with Crippen LogP contribution < -0.4 is 5.32 Å². The van der Waals surface area contributed by atoms with Crippen LogP contribution in [0.15, 0.2) is 36.5 Å². The van der Waals surface area contributed by atoms with Gasteiger partial charge in [0.15, 0.2) is 0 Å². The van der Waals surface area contributed by atoms with Crippen molar-refractivity contribution in [1.82, 2.24) is 20.1 Å². The molecule has 0 aliphatic rings. The van der Waals surface area contributed by atoms with Gasteiger partial charge in [-0.15, -0.1) is 11.3 Å². The van der Waals surface area contributed by atoms with E-state index in [1.807, 2.05) is 43.0 Å². The van der Waals surface area contributed by atoms with E-state index in [0.29, 0.717) is 6.54 Å². The molecule has 2 N–H and O–H groups in total. The Morgan fingerprint density at radius 3 is 3.00 bits per heavy atom. The molecule has 0 aliphatic heterocycles. The number of aromatic amines is 1. The number of nitrogens with zero attached hydrogens (tertiary/aromatic N) is 2. The van der Waals surface area contributed by atoms with Gasteiger partial charge < -0.3 is 10.3 Å². The second kappa shape index (κ2) is 5.79. The average molecular weight is 338 g/mol. The van der Waals surface area contributed by atoms with E-state index in [1.165, 1.54) is 22.3 Å².